The van der Waals surface area contributed by atoms with Crippen LogP contribution in [-0.4, -0.2) is 15.0 Å². The molecule has 0 unspecified atom stereocenters. The number of benzene rings is 7. The molecule has 9 rings (SSSR count). The Bertz CT molecular complexity index is 2600. The van der Waals surface area contributed by atoms with Crippen LogP contribution in [0.25, 0.3) is 67.5 Å². The van der Waals surface area contributed by atoms with Crippen molar-refractivity contribution >= 4 is 11.8 Å². The van der Waals surface area contributed by atoms with Gasteiger partial charge in [0.1, 0.15) is 6.07 Å². The molecule has 1 aliphatic heterocycles. The molecule has 0 saturated carbocycles. The number of rotatable bonds is 6. The molecule has 5 heteroatoms. The molecule has 0 radical (unpaired) electrons. The second-order valence-electron chi connectivity index (χ2n) is 13.9. The number of hydrogen-bond donors (Lipinski definition) is 0. The quantitative estimate of drug-likeness (QED) is 0.172. The summed E-state index contributed by atoms with van der Waals surface area (Å²) < 4.78 is 0. The number of nitrogens with zero attached hydrogens (tertiary/aromatic N) is 4. The molecule has 8 aromatic rings. The van der Waals surface area contributed by atoms with Crippen LogP contribution in [0.3, 0.4) is 0 Å². The Balaban J connectivity index is 1.20. The molecule has 0 atom stereocenters. The highest BCUT2D eigenvalue weighted by atomic mass is 32.2. The fourth-order valence-corrected chi connectivity index (χ4v) is 8.92. The number of aromatic nitrogens is 3. The first-order chi connectivity index (χ1) is 26.5. The van der Waals surface area contributed by atoms with Crippen molar-refractivity contribution in [3.05, 3.63) is 187 Å². The van der Waals surface area contributed by atoms with Crippen LogP contribution in [0.4, 0.5) is 0 Å². The van der Waals surface area contributed by atoms with Crippen molar-refractivity contribution in [3.63, 3.8) is 0 Å². The van der Waals surface area contributed by atoms with Gasteiger partial charge in [0.05, 0.1) is 5.56 Å². The predicted molar refractivity (Wildman–Crippen MR) is 220 cm³/mol. The van der Waals surface area contributed by atoms with E-state index < -0.39 is 0 Å². The van der Waals surface area contributed by atoms with E-state index in [4.69, 9.17) is 15.0 Å². The van der Waals surface area contributed by atoms with Gasteiger partial charge in [0.15, 0.2) is 17.5 Å². The van der Waals surface area contributed by atoms with Crippen LogP contribution in [0.15, 0.2) is 180 Å². The molecular weight excluding hydrogens is 677 g/mol. The second kappa shape index (κ2) is 13.7. The van der Waals surface area contributed by atoms with Gasteiger partial charge in [-0.2, -0.15) is 5.26 Å². The topological polar surface area (TPSA) is 62.5 Å². The van der Waals surface area contributed by atoms with Gasteiger partial charge in [0, 0.05) is 37.5 Å². The highest BCUT2D eigenvalue weighted by Crippen LogP contribution is 2.52. The van der Waals surface area contributed by atoms with E-state index in [0.717, 1.165) is 60.5 Å². The molecule has 0 fully saturated rings. The molecule has 1 aliphatic rings. The standard InChI is InChI=1S/C49H34N4S/c1-49(2)42-19-11-12-20-43(42)54-44-30-29-39(41(31-50)45(44)49)38-17-9-10-18-40(38)48-52-46(36-25-21-34(22-26-36)32-13-5-3-6-14-32)51-47(53-48)37-27-23-35(24-28-37)33-15-7-4-8-16-33/h3-30H,1-2H3. The molecule has 256 valence electrons. The Kier molecular flexibility index (Phi) is 8.46. The first-order valence-electron chi connectivity index (χ1n) is 18.0. The molecule has 0 aliphatic carbocycles. The Hall–Kier alpha value is -6.61. The summed E-state index contributed by atoms with van der Waals surface area (Å²) in [5.74, 6) is 1.71. The van der Waals surface area contributed by atoms with E-state index in [9.17, 15) is 5.26 Å². The van der Waals surface area contributed by atoms with Gasteiger partial charge in [-0.1, -0.05) is 183 Å². The van der Waals surface area contributed by atoms with Crippen molar-refractivity contribution in [2.24, 2.45) is 0 Å². The fourth-order valence-electron chi connectivity index (χ4n) is 7.51. The number of hydrogen-bond acceptors (Lipinski definition) is 5. The minimum Gasteiger partial charge on any atom is -0.208 e. The van der Waals surface area contributed by atoms with E-state index in [2.05, 4.69) is 135 Å². The highest BCUT2D eigenvalue weighted by molar-refractivity contribution is 7.99. The maximum Gasteiger partial charge on any atom is 0.164 e. The maximum atomic E-state index is 10.9. The number of fused-ring (bicyclic) bond motifs is 2. The lowest BCUT2D eigenvalue weighted by molar-refractivity contribution is 0.605. The third kappa shape index (κ3) is 5.97. The zero-order chi connectivity index (χ0) is 36.6. The van der Waals surface area contributed by atoms with Crippen LogP contribution in [0.5, 0.6) is 0 Å². The molecule has 7 aromatic carbocycles. The van der Waals surface area contributed by atoms with E-state index >= 15 is 0 Å². The van der Waals surface area contributed by atoms with E-state index in [-0.39, 0.29) is 5.41 Å². The van der Waals surface area contributed by atoms with Crippen LogP contribution >= 0.6 is 11.8 Å². The lowest BCUT2D eigenvalue weighted by atomic mass is 9.74. The third-order valence-corrected chi connectivity index (χ3v) is 11.4. The normalized spacial score (nSPS) is 12.7. The van der Waals surface area contributed by atoms with Crippen molar-refractivity contribution < 1.29 is 0 Å². The Labute approximate surface area is 319 Å². The molecule has 0 amide bonds. The molecule has 1 aromatic heterocycles. The SMILES string of the molecule is CC1(C)c2ccccc2Sc2ccc(-c3ccccc3-c3nc(-c4ccc(-c5ccccc5)cc4)nc(-c4ccc(-c5ccccc5)cc4)n3)c(C#N)c21. The minimum absolute atomic E-state index is 0.363. The van der Waals surface area contributed by atoms with Crippen LogP contribution < -0.4 is 0 Å². The Morgan fingerprint density at radius 1 is 0.426 bits per heavy atom. The molecule has 0 N–H and O–H groups in total. The van der Waals surface area contributed by atoms with Crippen molar-refractivity contribution in [1.82, 2.24) is 15.0 Å². The van der Waals surface area contributed by atoms with Crippen molar-refractivity contribution in [2.75, 3.05) is 0 Å². The van der Waals surface area contributed by atoms with Crippen LogP contribution in [-0.2, 0) is 5.41 Å². The van der Waals surface area contributed by atoms with Crippen molar-refractivity contribution in [1.29, 1.82) is 5.26 Å². The maximum absolute atomic E-state index is 10.9. The average Bonchev–Trinajstić information content (AvgIpc) is 3.24. The highest BCUT2D eigenvalue weighted by Gasteiger charge is 2.36. The van der Waals surface area contributed by atoms with Gasteiger partial charge in [0.25, 0.3) is 0 Å². The van der Waals surface area contributed by atoms with Gasteiger partial charge in [-0.3, -0.25) is 0 Å². The average molecular weight is 711 g/mol. The summed E-state index contributed by atoms with van der Waals surface area (Å²) in [5, 5.41) is 10.9. The summed E-state index contributed by atoms with van der Waals surface area (Å²) in [6.45, 7) is 4.44. The Morgan fingerprint density at radius 3 is 1.46 bits per heavy atom. The molecule has 0 saturated heterocycles. The van der Waals surface area contributed by atoms with Gasteiger partial charge in [-0.15, -0.1) is 0 Å². The summed E-state index contributed by atoms with van der Waals surface area (Å²) in [4.78, 5) is 17.7. The molecule has 54 heavy (non-hydrogen) atoms. The molecule has 2 heterocycles. The second-order valence-corrected chi connectivity index (χ2v) is 15.0. The third-order valence-electron chi connectivity index (χ3n) is 10.3. The van der Waals surface area contributed by atoms with Gasteiger partial charge >= 0.3 is 0 Å². The molecule has 0 bridgehead atoms. The lowest BCUT2D eigenvalue weighted by Crippen LogP contribution is -2.25. The van der Waals surface area contributed by atoms with Gasteiger partial charge in [-0.05, 0) is 51.1 Å². The van der Waals surface area contributed by atoms with Gasteiger partial charge < -0.3 is 0 Å². The van der Waals surface area contributed by atoms with E-state index in [0.29, 0.717) is 23.0 Å². The zero-order valence-corrected chi connectivity index (χ0v) is 30.7. The van der Waals surface area contributed by atoms with E-state index in [1.54, 1.807) is 11.8 Å². The van der Waals surface area contributed by atoms with Crippen LogP contribution in [0.1, 0.15) is 30.5 Å². The Morgan fingerprint density at radius 2 is 0.889 bits per heavy atom. The summed E-state index contributed by atoms with van der Waals surface area (Å²) in [5.41, 5.74) is 11.5. The van der Waals surface area contributed by atoms with Gasteiger partial charge in [-0.25, -0.2) is 15.0 Å². The molecule has 0 spiro atoms. The molecule has 4 nitrogen and oxygen atoms in total. The largest absolute Gasteiger partial charge is 0.208 e. The molecular formula is C49H34N4S. The predicted octanol–water partition coefficient (Wildman–Crippen LogP) is 12.5. The summed E-state index contributed by atoms with van der Waals surface area (Å²) in [7, 11) is 0. The zero-order valence-electron chi connectivity index (χ0n) is 29.9. The monoisotopic (exact) mass is 710 g/mol. The lowest BCUT2D eigenvalue weighted by Gasteiger charge is -2.36. The van der Waals surface area contributed by atoms with Crippen LogP contribution in [0.2, 0.25) is 0 Å². The minimum atomic E-state index is -0.363. The smallest absolute Gasteiger partial charge is 0.164 e. The van der Waals surface area contributed by atoms with E-state index in [1.165, 1.54) is 10.5 Å². The summed E-state index contributed by atoms with van der Waals surface area (Å²) in [6, 6.07) is 61.0. The summed E-state index contributed by atoms with van der Waals surface area (Å²) in [6.07, 6.45) is 0. The summed E-state index contributed by atoms with van der Waals surface area (Å²) >= 11 is 1.73. The van der Waals surface area contributed by atoms with Gasteiger partial charge in [0.2, 0.25) is 0 Å². The van der Waals surface area contributed by atoms with Crippen molar-refractivity contribution in [2.45, 2.75) is 29.1 Å². The van der Waals surface area contributed by atoms with E-state index in [1.807, 2.05) is 54.6 Å². The van der Waals surface area contributed by atoms with Crippen LogP contribution in [0, 0.1) is 11.3 Å². The first kappa shape index (κ1) is 33.2. The fraction of sp³-hybridized carbons (Fsp3) is 0.0612. The number of nitriles is 1. The van der Waals surface area contributed by atoms with Crippen molar-refractivity contribution in [3.8, 4) is 73.6 Å². The first-order valence-corrected chi connectivity index (χ1v) is 18.8.